The lowest BCUT2D eigenvalue weighted by Gasteiger charge is -2.24. The van der Waals surface area contributed by atoms with Crippen molar-refractivity contribution in [1.29, 1.82) is 0 Å². The molecule has 0 aliphatic heterocycles. The van der Waals surface area contributed by atoms with Gasteiger partial charge in [-0.2, -0.15) is 13.2 Å². The lowest BCUT2D eigenvalue weighted by atomic mass is 10.1. The van der Waals surface area contributed by atoms with Crippen LogP contribution in [0.2, 0.25) is 5.02 Å². The van der Waals surface area contributed by atoms with Gasteiger partial charge in [0.15, 0.2) is 0 Å². The smallest absolute Gasteiger partial charge is 0.325 e. The zero-order valence-corrected chi connectivity index (χ0v) is 22.7. The van der Waals surface area contributed by atoms with Crippen LogP contribution in [0.15, 0.2) is 65.6 Å². The van der Waals surface area contributed by atoms with E-state index in [1.54, 1.807) is 19.1 Å². The molecule has 3 aromatic rings. The van der Waals surface area contributed by atoms with Crippen LogP contribution >= 0.6 is 11.6 Å². The van der Waals surface area contributed by atoms with Crippen molar-refractivity contribution >= 4 is 54.6 Å². The van der Waals surface area contributed by atoms with E-state index in [0.717, 1.165) is 23.4 Å². The fourth-order valence-electron chi connectivity index (χ4n) is 3.36. The first-order valence-corrected chi connectivity index (χ1v) is 14.5. The predicted octanol–water partition coefficient (Wildman–Crippen LogP) is 5.18. The Morgan fingerprint density at radius 3 is 2.16 bits per heavy atom. The fraction of sp³-hybridized carbons (Fsp3) is 0.208. The van der Waals surface area contributed by atoms with E-state index < -0.39 is 49.9 Å². The second-order valence-corrected chi connectivity index (χ2v) is 12.4. The van der Waals surface area contributed by atoms with E-state index in [1.165, 1.54) is 24.3 Å². The molecule has 0 bridgehead atoms. The van der Waals surface area contributed by atoms with Gasteiger partial charge in [0.1, 0.15) is 6.54 Å². The number of sulfonamides is 2. The van der Waals surface area contributed by atoms with E-state index in [1.807, 2.05) is 13.0 Å². The molecule has 1 amide bonds. The lowest BCUT2D eigenvalue weighted by molar-refractivity contribution is -0.137. The van der Waals surface area contributed by atoms with E-state index in [2.05, 4.69) is 10.0 Å². The minimum absolute atomic E-state index is 0.0927. The number of alkyl halides is 3. The fourth-order valence-corrected chi connectivity index (χ4v) is 5.61. The third kappa shape index (κ3) is 7.17. The summed E-state index contributed by atoms with van der Waals surface area (Å²) in [5.41, 5.74) is 0.469. The van der Waals surface area contributed by atoms with Gasteiger partial charge < -0.3 is 5.32 Å². The first kappa shape index (κ1) is 29.3. The van der Waals surface area contributed by atoms with Crippen LogP contribution < -0.4 is 14.3 Å². The van der Waals surface area contributed by atoms with Gasteiger partial charge in [-0.3, -0.25) is 13.8 Å². The first-order valence-electron chi connectivity index (χ1n) is 10.8. The Bertz CT molecular complexity index is 1580. The average Bonchev–Trinajstić information content (AvgIpc) is 2.79. The van der Waals surface area contributed by atoms with Crippen LogP contribution in [0, 0.1) is 13.8 Å². The van der Waals surface area contributed by atoms with Crippen LogP contribution in [0.5, 0.6) is 0 Å². The van der Waals surface area contributed by atoms with Crippen molar-refractivity contribution in [3.8, 4) is 0 Å². The molecule has 0 spiro atoms. The van der Waals surface area contributed by atoms with E-state index >= 15 is 0 Å². The summed E-state index contributed by atoms with van der Waals surface area (Å²) in [6.07, 6.45) is -4.04. The molecular formula is C24H23ClF3N3O5S2. The van der Waals surface area contributed by atoms with Gasteiger partial charge in [-0.25, -0.2) is 16.8 Å². The first-order chi connectivity index (χ1) is 17.5. The molecule has 0 atom stereocenters. The number of rotatable bonds is 8. The number of hydrogen-bond donors (Lipinski definition) is 2. The van der Waals surface area contributed by atoms with Gasteiger partial charge in [-0.15, -0.1) is 0 Å². The van der Waals surface area contributed by atoms with E-state index in [4.69, 9.17) is 11.6 Å². The van der Waals surface area contributed by atoms with Crippen molar-refractivity contribution in [1.82, 2.24) is 0 Å². The van der Waals surface area contributed by atoms with Gasteiger partial charge >= 0.3 is 6.18 Å². The summed E-state index contributed by atoms with van der Waals surface area (Å²) >= 11 is 5.96. The molecule has 0 aromatic heterocycles. The van der Waals surface area contributed by atoms with E-state index in [0.29, 0.717) is 22.1 Å². The number of hydrogen-bond acceptors (Lipinski definition) is 5. The molecule has 0 fully saturated rings. The van der Waals surface area contributed by atoms with Crippen molar-refractivity contribution in [3.05, 3.63) is 82.4 Å². The Kier molecular flexibility index (Phi) is 8.34. The molecule has 0 saturated carbocycles. The summed E-state index contributed by atoms with van der Waals surface area (Å²) < 4.78 is 92.6. The van der Waals surface area contributed by atoms with Crippen LogP contribution in [0.4, 0.5) is 30.2 Å². The van der Waals surface area contributed by atoms with Crippen LogP contribution in [0.25, 0.3) is 0 Å². The maximum Gasteiger partial charge on any atom is 0.416 e. The Labute approximate surface area is 223 Å². The molecule has 0 heterocycles. The number of nitrogens with zero attached hydrogens (tertiary/aromatic N) is 1. The Balaban J connectivity index is 1.79. The number of aryl methyl sites for hydroxylation is 2. The van der Waals surface area contributed by atoms with Crippen LogP contribution in [0.3, 0.4) is 0 Å². The molecule has 14 heteroatoms. The number of nitrogens with one attached hydrogen (secondary N) is 2. The highest BCUT2D eigenvalue weighted by Crippen LogP contribution is 2.36. The molecule has 38 heavy (non-hydrogen) atoms. The zero-order chi connectivity index (χ0) is 28.5. The normalized spacial score (nSPS) is 12.2. The molecule has 0 aliphatic carbocycles. The van der Waals surface area contributed by atoms with Gasteiger partial charge in [0.05, 0.1) is 33.1 Å². The molecule has 3 rings (SSSR count). The quantitative estimate of drug-likeness (QED) is 0.376. The molecule has 2 N–H and O–H groups in total. The standard InChI is InChI=1S/C24H23ClF3N3O5S2/c1-15-4-5-16(2)21(12-15)30-38(35,36)19-9-7-18(8-10-19)29-23(32)14-31(37(3,33)34)22-13-17(24(26,27)28)6-11-20(22)25/h4-13,30H,14H2,1-3H3,(H,29,32). The third-order valence-electron chi connectivity index (χ3n) is 5.32. The Morgan fingerprint density at radius 2 is 1.58 bits per heavy atom. The molecule has 0 aliphatic rings. The molecule has 204 valence electrons. The summed E-state index contributed by atoms with van der Waals surface area (Å²) in [6, 6.07) is 12.5. The number of benzene rings is 3. The van der Waals surface area contributed by atoms with Gasteiger partial charge in [-0.1, -0.05) is 23.7 Å². The van der Waals surface area contributed by atoms with Crippen molar-refractivity contribution in [2.75, 3.05) is 27.1 Å². The number of carbonyl (C=O) groups is 1. The number of anilines is 3. The van der Waals surface area contributed by atoms with Crippen molar-refractivity contribution in [3.63, 3.8) is 0 Å². The summed E-state index contributed by atoms with van der Waals surface area (Å²) in [7, 11) is -8.17. The zero-order valence-electron chi connectivity index (χ0n) is 20.3. The van der Waals surface area contributed by atoms with Crippen molar-refractivity contribution in [2.45, 2.75) is 24.9 Å². The highest BCUT2D eigenvalue weighted by molar-refractivity contribution is 7.92. The number of amides is 1. The molecule has 3 aromatic carbocycles. The number of carbonyl (C=O) groups excluding carboxylic acids is 1. The molecule has 0 saturated heterocycles. The predicted molar refractivity (Wildman–Crippen MR) is 140 cm³/mol. The van der Waals surface area contributed by atoms with E-state index in [-0.39, 0.29) is 15.6 Å². The second kappa shape index (κ2) is 10.8. The Morgan fingerprint density at radius 1 is 0.947 bits per heavy atom. The SMILES string of the molecule is Cc1ccc(C)c(NS(=O)(=O)c2ccc(NC(=O)CN(c3cc(C(F)(F)F)ccc3Cl)S(C)(=O)=O)cc2)c1. The van der Waals surface area contributed by atoms with Crippen LogP contribution in [-0.4, -0.2) is 35.5 Å². The topological polar surface area (TPSA) is 113 Å². The van der Waals surface area contributed by atoms with E-state index in [9.17, 15) is 34.8 Å². The minimum Gasteiger partial charge on any atom is -0.325 e. The monoisotopic (exact) mass is 589 g/mol. The van der Waals surface area contributed by atoms with Crippen molar-refractivity contribution < 1.29 is 34.8 Å². The minimum atomic E-state index is -4.76. The highest BCUT2D eigenvalue weighted by Gasteiger charge is 2.33. The maximum absolute atomic E-state index is 13.1. The average molecular weight is 590 g/mol. The highest BCUT2D eigenvalue weighted by atomic mass is 35.5. The summed E-state index contributed by atoms with van der Waals surface area (Å²) in [6.45, 7) is 2.69. The van der Waals surface area contributed by atoms with Gasteiger partial charge in [0, 0.05) is 5.69 Å². The molecule has 8 nitrogen and oxygen atoms in total. The molecular weight excluding hydrogens is 567 g/mol. The maximum atomic E-state index is 13.1. The molecule has 0 unspecified atom stereocenters. The van der Waals surface area contributed by atoms with Gasteiger partial charge in [-0.05, 0) is 73.5 Å². The van der Waals surface area contributed by atoms with Gasteiger partial charge in [0.2, 0.25) is 15.9 Å². The Hall–Kier alpha value is -3.29. The third-order valence-corrected chi connectivity index (χ3v) is 8.14. The lowest BCUT2D eigenvalue weighted by Crippen LogP contribution is -2.37. The van der Waals surface area contributed by atoms with Gasteiger partial charge in [0.25, 0.3) is 10.0 Å². The number of halogens is 4. The summed E-state index contributed by atoms with van der Waals surface area (Å²) in [5, 5.41) is 2.09. The molecule has 0 radical (unpaired) electrons. The van der Waals surface area contributed by atoms with Crippen molar-refractivity contribution in [2.24, 2.45) is 0 Å². The summed E-state index contributed by atoms with van der Waals surface area (Å²) in [5.74, 6) is -0.895. The second-order valence-electron chi connectivity index (χ2n) is 8.43. The van der Waals surface area contributed by atoms with Crippen LogP contribution in [0.1, 0.15) is 16.7 Å². The van der Waals surface area contributed by atoms with Crippen LogP contribution in [-0.2, 0) is 31.0 Å². The summed E-state index contributed by atoms with van der Waals surface area (Å²) in [4.78, 5) is 12.5. The largest absolute Gasteiger partial charge is 0.416 e.